The number of amides is 1. The SMILES string of the molecule is N#Cc1ccc(CN2CCOC(C(=O)N3C4CCC3CC(O)C4)C2)cc1. The average Bonchev–Trinajstić information content (AvgIpc) is 2.93. The van der Waals surface area contributed by atoms with Gasteiger partial charge >= 0.3 is 0 Å². The molecule has 0 aliphatic carbocycles. The minimum atomic E-state index is -0.416. The molecule has 1 N–H and O–H groups in total. The Hall–Kier alpha value is -1.94. The van der Waals surface area contributed by atoms with E-state index in [9.17, 15) is 9.90 Å². The molecular formula is C20H25N3O3. The van der Waals surface area contributed by atoms with Gasteiger partial charge in [-0.3, -0.25) is 9.69 Å². The van der Waals surface area contributed by atoms with Crippen molar-refractivity contribution in [3.05, 3.63) is 35.4 Å². The Morgan fingerprint density at radius 2 is 1.92 bits per heavy atom. The van der Waals surface area contributed by atoms with Gasteiger partial charge in [-0.05, 0) is 43.4 Å². The maximum atomic E-state index is 13.1. The summed E-state index contributed by atoms with van der Waals surface area (Å²) in [5.41, 5.74) is 1.80. The summed E-state index contributed by atoms with van der Waals surface area (Å²) in [4.78, 5) is 17.3. The molecule has 2 bridgehead atoms. The summed E-state index contributed by atoms with van der Waals surface area (Å²) in [5, 5.41) is 18.8. The zero-order chi connectivity index (χ0) is 18.1. The van der Waals surface area contributed by atoms with Crippen LogP contribution in [0.25, 0.3) is 0 Å². The van der Waals surface area contributed by atoms with Crippen molar-refractivity contribution in [3.63, 3.8) is 0 Å². The third-order valence-electron chi connectivity index (χ3n) is 5.88. The normalized spacial score (nSPS) is 31.6. The number of fused-ring (bicyclic) bond motifs is 2. The highest BCUT2D eigenvalue weighted by atomic mass is 16.5. The van der Waals surface area contributed by atoms with Crippen LogP contribution in [-0.2, 0) is 16.1 Å². The van der Waals surface area contributed by atoms with E-state index in [1.54, 1.807) is 0 Å². The molecule has 3 aliphatic rings. The molecule has 3 atom stereocenters. The second kappa shape index (κ2) is 7.36. The Kier molecular flexibility index (Phi) is 4.94. The number of rotatable bonds is 3. The molecule has 26 heavy (non-hydrogen) atoms. The molecular weight excluding hydrogens is 330 g/mol. The smallest absolute Gasteiger partial charge is 0.253 e. The van der Waals surface area contributed by atoms with Crippen LogP contribution in [0, 0.1) is 11.3 Å². The number of hydrogen-bond donors (Lipinski definition) is 1. The van der Waals surface area contributed by atoms with Gasteiger partial charge in [0.1, 0.15) is 6.10 Å². The number of piperidine rings is 1. The van der Waals surface area contributed by atoms with E-state index >= 15 is 0 Å². The Morgan fingerprint density at radius 3 is 2.58 bits per heavy atom. The first-order valence-corrected chi connectivity index (χ1v) is 9.47. The van der Waals surface area contributed by atoms with Gasteiger partial charge in [-0.2, -0.15) is 5.26 Å². The summed E-state index contributed by atoms with van der Waals surface area (Å²) in [7, 11) is 0. The maximum Gasteiger partial charge on any atom is 0.253 e. The molecule has 1 amide bonds. The van der Waals surface area contributed by atoms with Crippen molar-refractivity contribution < 1.29 is 14.6 Å². The lowest BCUT2D eigenvalue weighted by Crippen LogP contribution is -2.56. The minimum Gasteiger partial charge on any atom is -0.393 e. The third kappa shape index (κ3) is 3.48. The number of benzene rings is 1. The average molecular weight is 355 g/mol. The highest BCUT2D eigenvalue weighted by molar-refractivity contribution is 5.82. The third-order valence-corrected chi connectivity index (χ3v) is 5.88. The van der Waals surface area contributed by atoms with Gasteiger partial charge in [0.15, 0.2) is 0 Å². The lowest BCUT2D eigenvalue weighted by molar-refractivity contribution is -0.155. The van der Waals surface area contributed by atoms with Crippen LogP contribution in [-0.4, -0.2) is 64.8 Å². The molecule has 3 heterocycles. The van der Waals surface area contributed by atoms with Crippen LogP contribution >= 0.6 is 0 Å². The molecule has 0 radical (unpaired) electrons. The largest absolute Gasteiger partial charge is 0.393 e. The van der Waals surface area contributed by atoms with Crippen LogP contribution < -0.4 is 0 Å². The van der Waals surface area contributed by atoms with Crippen molar-refractivity contribution in [2.24, 2.45) is 0 Å². The quantitative estimate of drug-likeness (QED) is 0.884. The van der Waals surface area contributed by atoms with E-state index in [-0.39, 0.29) is 24.1 Å². The predicted octanol–water partition coefficient (Wildman–Crippen LogP) is 1.27. The van der Waals surface area contributed by atoms with E-state index in [1.807, 2.05) is 29.2 Å². The molecule has 0 aromatic heterocycles. The topological polar surface area (TPSA) is 76.8 Å². The van der Waals surface area contributed by atoms with E-state index in [0.29, 0.717) is 31.6 Å². The number of aliphatic hydroxyl groups excluding tert-OH is 1. The first-order valence-electron chi connectivity index (χ1n) is 9.47. The van der Waals surface area contributed by atoms with E-state index < -0.39 is 6.10 Å². The first kappa shape index (κ1) is 17.5. The Morgan fingerprint density at radius 1 is 1.23 bits per heavy atom. The fourth-order valence-electron chi connectivity index (χ4n) is 4.61. The van der Waals surface area contributed by atoms with Gasteiger partial charge in [0, 0.05) is 31.7 Å². The van der Waals surface area contributed by atoms with Gasteiger partial charge in [-0.25, -0.2) is 0 Å². The lowest BCUT2D eigenvalue weighted by Gasteiger charge is -2.41. The summed E-state index contributed by atoms with van der Waals surface area (Å²) >= 11 is 0. The second-order valence-corrected chi connectivity index (χ2v) is 7.66. The zero-order valence-corrected chi connectivity index (χ0v) is 14.9. The summed E-state index contributed by atoms with van der Waals surface area (Å²) in [6, 6.07) is 10.1. The summed E-state index contributed by atoms with van der Waals surface area (Å²) in [5.74, 6) is 0.0916. The van der Waals surface area contributed by atoms with E-state index in [4.69, 9.17) is 10.00 Å². The number of ether oxygens (including phenoxy) is 1. The van der Waals surface area contributed by atoms with Crippen molar-refractivity contribution in [1.29, 1.82) is 5.26 Å². The monoisotopic (exact) mass is 355 g/mol. The van der Waals surface area contributed by atoms with Gasteiger partial charge < -0.3 is 14.7 Å². The molecule has 138 valence electrons. The molecule has 0 spiro atoms. The minimum absolute atomic E-state index is 0.0916. The number of carbonyl (C=O) groups excluding carboxylic acids is 1. The number of nitrogens with zero attached hydrogens (tertiary/aromatic N) is 3. The van der Waals surface area contributed by atoms with Gasteiger partial charge in [-0.1, -0.05) is 12.1 Å². The Balaban J connectivity index is 1.39. The number of morpholine rings is 1. The maximum absolute atomic E-state index is 13.1. The molecule has 3 aliphatic heterocycles. The molecule has 6 heteroatoms. The molecule has 0 saturated carbocycles. The Labute approximate surface area is 154 Å². The van der Waals surface area contributed by atoms with Crippen LogP contribution in [0.15, 0.2) is 24.3 Å². The zero-order valence-electron chi connectivity index (χ0n) is 14.9. The summed E-state index contributed by atoms with van der Waals surface area (Å²) in [6.45, 7) is 2.70. The summed E-state index contributed by atoms with van der Waals surface area (Å²) < 4.78 is 5.81. The fraction of sp³-hybridized carbons (Fsp3) is 0.600. The van der Waals surface area contributed by atoms with Crippen molar-refractivity contribution in [2.75, 3.05) is 19.7 Å². The number of nitriles is 1. The predicted molar refractivity (Wildman–Crippen MR) is 95.1 cm³/mol. The van der Waals surface area contributed by atoms with Gasteiger partial charge in [0.25, 0.3) is 5.91 Å². The number of carbonyl (C=O) groups is 1. The molecule has 1 aromatic carbocycles. The van der Waals surface area contributed by atoms with Gasteiger partial charge in [-0.15, -0.1) is 0 Å². The van der Waals surface area contributed by atoms with Crippen LogP contribution in [0.4, 0.5) is 0 Å². The van der Waals surface area contributed by atoms with Crippen LogP contribution in [0.1, 0.15) is 36.8 Å². The van der Waals surface area contributed by atoms with Crippen LogP contribution in [0.5, 0.6) is 0 Å². The molecule has 3 fully saturated rings. The summed E-state index contributed by atoms with van der Waals surface area (Å²) in [6.07, 6.45) is 2.70. The molecule has 3 unspecified atom stereocenters. The number of hydrogen-bond acceptors (Lipinski definition) is 5. The van der Waals surface area contributed by atoms with Crippen molar-refractivity contribution >= 4 is 5.91 Å². The molecule has 3 saturated heterocycles. The second-order valence-electron chi connectivity index (χ2n) is 7.66. The molecule has 1 aromatic rings. The highest BCUT2D eigenvalue weighted by Crippen LogP contribution is 2.36. The first-order chi connectivity index (χ1) is 12.6. The van der Waals surface area contributed by atoms with Crippen LogP contribution in [0.3, 0.4) is 0 Å². The van der Waals surface area contributed by atoms with Gasteiger partial charge in [0.05, 0.1) is 24.3 Å². The lowest BCUT2D eigenvalue weighted by atomic mass is 9.99. The van der Waals surface area contributed by atoms with Crippen molar-refractivity contribution in [1.82, 2.24) is 9.80 Å². The Bertz CT molecular complexity index is 685. The van der Waals surface area contributed by atoms with Crippen LogP contribution in [0.2, 0.25) is 0 Å². The van der Waals surface area contributed by atoms with E-state index in [0.717, 1.165) is 31.5 Å². The highest BCUT2D eigenvalue weighted by Gasteiger charge is 2.45. The standard InChI is InChI=1S/C20H25N3O3/c21-11-14-1-3-15(4-2-14)12-22-7-8-26-19(13-22)20(25)23-16-5-6-17(23)10-18(24)9-16/h1-4,16-19,24H,5-10,12-13H2. The van der Waals surface area contributed by atoms with E-state index in [1.165, 1.54) is 0 Å². The van der Waals surface area contributed by atoms with Gasteiger partial charge in [0.2, 0.25) is 0 Å². The number of aliphatic hydroxyl groups is 1. The van der Waals surface area contributed by atoms with Crippen molar-refractivity contribution in [2.45, 2.75) is 56.5 Å². The molecule has 6 nitrogen and oxygen atoms in total. The molecule has 4 rings (SSSR count). The van der Waals surface area contributed by atoms with E-state index in [2.05, 4.69) is 11.0 Å². The van der Waals surface area contributed by atoms with Crippen molar-refractivity contribution in [3.8, 4) is 6.07 Å². The fourth-order valence-corrected chi connectivity index (χ4v) is 4.61.